The van der Waals surface area contributed by atoms with Crippen molar-refractivity contribution in [1.29, 1.82) is 0 Å². The maximum absolute atomic E-state index is 12.7. The Morgan fingerprint density at radius 3 is 2.29 bits per heavy atom. The molecule has 31 heavy (non-hydrogen) atoms. The average Bonchev–Trinajstić information content (AvgIpc) is 2.75. The Balaban J connectivity index is 1.39. The molecular formula is C26H38N2O3. The van der Waals surface area contributed by atoms with Gasteiger partial charge < -0.3 is 14.5 Å². The SMILES string of the molecule is CCOC(=O)c1ccc(N2CCC(N(C(C)=O)[C@H]3C[C@H]4C[C@@H]([C@@H]3C)C4(C)C)CC2)cc1. The topological polar surface area (TPSA) is 49.9 Å². The van der Waals surface area contributed by atoms with E-state index in [-0.39, 0.29) is 11.9 Å². The molecule has 0 radical (unpaired) electrons. The first kappa shape index (κ1) is 22.2. The summed E-state index contributed by atoms with van der Waals surface area (Å²) < 4.78 is 5.08. The van der Waals surface area contributed by atoms with Gasteiger partial charge in [0.05, 0.1) is 12.2 Å². The number of ether oxygens (including phenoxy) is 1. The summed E-state index contributed by atoms with van der Waals surface area (Å²) in [6, 6.07) is 8.44. The van der Waals surface area contributed by atoms with Crippen LogP contribution in [0.3, 0.4) is 0 Å². The molecule has 3 aliphatic carbocycles. The van der Waals surface area contributed by atoms with Gasteiger partial charge in [0.2, 0.25) is 5.91 Å². The number of anilines is 1. The molecule has 1 aromatic carbocycles. The zero-order valence-electron chi connectivity index (χ0n) is 19.8. The number of carbonyl (C=O) groups excluding carboxylic acids is 2. The van der Waals surface area contributed by atoms with Gasteiger partial charge >= 0.3 is 5.97 Å². The normalized spacial score (nSPS) is 29.8. The van der Waals surface area contributed by atoms with Crippen LogP contribution in [-0.2, 0) is 9.53 Å². The molecule has 170 valence electrons. The predicted octanol–water partition coefficient (Wildman–Crippen LogP) is 4.75. The van der Waals surface area contributed by atoms with Crippen molar-refractivity contribution in [3.05, 3.63) is 29.8 Å². The standard InChI is InChI=1S/C26H38N2O3/c1-6-31-25(30)19-7-9-21(10-8-19)27-13-11-22(12-14-27)28(18(3)29)24-16-20-15-23(17(24)2)26(20,4)5/h7-10,17,20,22-24H,6,11-16H2,1-5H3/t17-,20+,23-,24-/m0/s1. The van der Waals surface area contributed by atoms with E-state index in [4.69, 9.17) is 4.74 Å². The number of piperidine rings is 1. The minimum atomic E-state index is -0.271. The number of hydrogen-bond donors (Lipinski definition) is 0. The molecule has 4 aliphatic rings. The first-order valence-electron chi connectivity index (χ1n) is 12.0. The molecule has 5 heteroatoms. The summed E-state index contributed by atoms with van der Waals surface area (Å²) in [7, 11) is 0. The molecule has 4 atom stereocenters. The van der Waals surface area contributed by atoms with Gasteiger partial charge in [-0.1, -0.05) is 20.8 Å². The van der Waals surface area contributed by atoms with Crippen molar-refractivity contribution in [2.75, 3.05) is 24.6 Å². The lowest BCUT2D eigenvalue weighted by Crippen LogP contribution is -2.63. The van der Waals surface area contributed by atoms with Gasteiger partial charge in [0, 0.05) is 37.8 Å². The summed E-state index contributed by atoms with van der Waals surface area (Å²) in [5, 5.41) is 0. The highest BCUT2D eigenvalue weighted by Crippen LogP contribution is 2.62. The van der Waals surface area contributed by atoms with Crippen LogP contribution in [0.1, 0.15) is 70.7 Å². The van der Waals surface area contributed by atoms with E-state index in [1.165, 1.54) is 12.8 Å². The van der Waals surface area contributed by atoms with Gasteiger partial charge in [-0.25, -0.2) is 4.79 Å². The fourth-order valence-electron chi connectivity index (χ4n) is 6.68. The summed E-state index contributed by atoms with van der Waals surface area (Å²) in [4.78, 5) is 29.3. The third kappa shape index (κ3) is 3.96. The first-order chi connectivity index (χ1) is 14.7. The van der Waals surface area contributed by atoms with Gasteiger partial charge in [-0.3, -0.25) is 4.79 Å². The third-order valence-corrected chi connectivity index (χ3v) is 8.64. The molecule has 0 N–H and O–H groups in total. The van der Waals surface area contributed by atoms with E-state index >= 15 is 0 Å². The molecule has 4 fully saturated rings. The zero-order chi connectivity index (χ0) is 22.3. The molecule has 1 aromatic rings. The average molecular weight is 427 g/mol. The number of amides is 1. The molecular weight excluding hydrogens is 388 g/mol. The molecule has 3 saturated carbocycles. The van der Waals surface area contributed by atoms with E-state index in [2.05, 4.69) is 30.6 Å². The maximum Gasteiger partial charge on any atom is 0.338 e. The fourth-order valence-corrected chi connectivity index (χ4v) is 6.68. The highest BCUT2D eigenvalue weighted by Gasteiger charge is 2.58. The van der Waals surface area contributed by atoms with E-state index in [0.29, 0.717) is 35.6 Å². The number of carbonyl (C=O) groups is 2. The molecule has 1 heterocycles. The number of hydrogen-bond acceptors (Lipinski definition) is 4. The smallest absolute Gasteiger partial charge is 0.338 e. The van der Waals surface area contributed by atoms with Crippen molar-refractivity contribution in [3.63, 3.8) is 0 Å². The summed E-state index contributed by atoms with van der Waals surface area (Å²) in [5.41, 5.74) is 2.17. The molecule has 1 aliphatic heterocycles. The molecule has 5 nitrogen and oxygen atoms in total. The van der Waals surface area contributed by atoms with E-state index in [9.17, 15) is 9.59 Å². The lowest BCUT2D eigenvalue weighted by atomic mass is 9.44. The summed E-state index contributed by atoms with van der Waals surface area (Å²) in [5.74, 6) is 2.06. The Morgan fingerprint density at radius 2 is 1.77 bits per heavy atom. The van der Waals surface area contributed by atoms with Crippen LogP contribution < -0.4 is 4.90 Å². The van der Waals surface area contributed by atoms with Crippen LogP contribution in [-0.4, -0.2) is 48.6 Å². The van der Waals surface area contributed by atoms with Gasteiger partial charge in [-0.05, 0) is 80.0 Å². The van der Waals surface area contributed by atoms with E-state index < -0.39 is 0 Å². The number of nitrogens with zero attached hydrogens (tertiary/aromatic N) is 2. The van der Waals surface area contributed by atoms with Gasteiger partial charge in [0.25, 0.3) is 0 Å². The Bertz CT molecular complexity index is 810. The Morgan fingerprint density at radius 1 is 1.13 bits per heavy atom. The zero-order valence-corrected chi connectivity index (χ0v) is 19.8. The van der Waals surface area contributed by atoms with Crippen molar-refractivity contribution in [1.82, 2.24) is 4.90 Å². The van der Waals surface area contributed by atoms with Gasteiger partial charge in [-0.2, -0.15) is 0 Å². The molecule has 0 unspecified atom stereocenters. The Hall–Kier alpha value is -2.04. The van der Waals surface area contributed by atoms with Crippen LogP contribution >= 0.6 is 0 Å². The minimum absolute atomic E-state index is 0.244. The van der Waals surface area contributed by atoms with Crippen molar-refractivity contribution in [2.24, 2.45) is 23.2 Å². The molecule has 1 amide bonds. The van der Waals surface area contributed by atoms with E-state index in [1.807, 2.05) is 31.2 Å². The minimum Gasteiger partial charge on any atom is -0.462 e. The Labute approximate surface area is 187 Å². The fraction of sp³-hybridized carbons (Fsp3) is 0.692. The summed E-state index contributed by atoms with van der Waals surface area (Å²) >= 11 is 0. The van der Waals surface area contributed by atoms with Crippen LogP contribution in [0.2, 0.25) is 0 Å². The third-order valence-electron chi connectivity index (χ3n) is 8.64. The quantitative estimate of drug-likeness (QED) is 0.638. The van der Waals surface area contributed by atoms with Crippen molar-refractivity contribution >= 4 is 17.6 Å². The first-order valence-corrected chi connectivity index (χ1v) is 12.0. The predicted molar refractivity (Wildman–Crippen MR) is 123 cm³/mol. The van der Waals surface area contributed by atoms with Crippen LogP contribution in [0.15, 0.2) is 24.3 Å². The van der Waals surface area contributed by atoms with Crippen molar-refractivity contribution < 1.29 is 14.3 Å². The molecule has 0 spiro atoms. The Kier molecular flexibility index (Phi) is 6.06. The van der Waals surface area contributed by atoms with Crippen LogP contribution in [0, 0.1) is 23.2 Å². The second-order valence-electron chi connectivity index (χ2n) is 10.4. The van der Waals surface area contributed by atoms with Gasteiger partial charge in [0.15, 0.2) is 0 Å². The number of benzene rings is 1. The lowest BCUT2D eigenvalue weighted by Gasteiger charge is -2.64. The second-order valence-corrected chi connectivity index (χ2v) is 10.4. The maximum atomic E-state index is 12.7. The highest BCUT2D eigenvalue weighted by atomic mass is 16.5. The number of esters is 1. The molecule has 0 aromatic heterocycles. The lowest BCUT2D eigenvalue weighted by molar-refractivity contribution is -0.162. The summed E-state index contributed by atoms with van der Waals surface area (Å²) in [6.45, 7) is 13.1. The van der Waals surface area contributed by atoms with Gasteiger partial charge in [0.1, 0.15) is 0 Å². The van der Waals surface area contributed by atoms with Crippen LogP contribution in [0.4, 0.5) is 5.69 Å². The molecule has 2 bridgehead atoms. The highest BCUT2D eigenvalue weighted by molar-refractivity contribution is 5.89. The molecule has 5 rings (SSSR count). The second kappa shape index (κ2) is 8.48. The number of rotatable bonds is 5. The van der Waals surface area contributed by atoms with E-state index in [0.717, 1.165) is 43.5 Å². The van der Waals surface area contributed by atoms with Crippen molar-refractivity contribution in [2.45, 2.75) is 72.4 Å². The summed E-state index contributed by atoms with van der Waals surface area (Å²) in [6.07, 6.45) is 4.51. The van der Waals surface area contributed by atoms with Crippen molar-refractivity contribution in [3.8, 4) is 0 Å². The van der Waals surface area contributed by atoms with Crippen LogP contribution in [0.5, 0.6) is 0 Å². The van der Waals surface area contributed by atoms with Gasteiger partial charge in [-0.15, -0.1) is 0 Å². The monoisotopic (exact) mass is 426 g/mol. The number of fused-ring (bicyclic) bond motifs is 2. The van der Waals surface area contributed by atoms with E-state index in [1.54, 1.807) is 6.92 Å². The molecule has 1 saturated heterocycles. The largest absolute Gasteiger partial charge is 0.462 e. The van der Waals surface area contributed by atoms with Crippen LogP contribution in [0.25, 0.3) is 0 Å².